The first-order valence-electron chi connectivity index (χ1n) is 8.60. The van der Waals surface area contributed by atoms with Crippen LogP contribution >= 0.6 is 0 Å². The molecule has 0 fully saturated rings. The van der Waals surface area contributed by atoms with Gasteiger partial charge in [-0.2, -0.15) is 0 Å². The largest absolute Gasteiger partial charge is 0.344 e. The van der Waals surface area contributed by atoms with Crippen molar-refractivity contribution >= 4 is 16.8 Å². The number of carbonyl (C=O) groups excluding carboxylic acids is 1. The molecule has 5 heteroatoms. The summed E-state index contributed by atoms with van der Waals surface area (Å²) in [5, 5.41) is 3.71. The number of pyridine rings is 1. The number of para-hydroxylation sites is 1. The van der Waals surface area contributed by atoms with Gasteiger partial charge in [0.1, 0.15) is 17.0 Å². The third kappa shape index (κ3) is 4.24. The van der Waals surface area contributed by atoms with E-state index in [4.69, 9.17) is 0 Å². The number of nitrogens with one attached hydrogen (secondary N) is 1. The highest BCUT2D eigenvalue weighted by Crippen LogP contribution is 2.19. The van der Waals surface area contributed by atoms with E-state index in [9.17, 15) is 9.18 Å². The van der Waals surface area contributed by atoms with Crippen LogP contribution in [0.4, 0.5) is 4.39 Å². The molecule has 0 radical (unpaired) electrons. The van der Waals surface area contributed by atoms with Crippen LogP contribution in [0.15, 0.2) is 60.7 Å². The Hall–Kier alpha value is -2.79. The highest BCUT2D eigenvalue weighted by Gasteiger charge is 2.17. The molecule has 1 unspecified atom stereocenters. The molecule has 3 rings (SSSR count). The van der Waals surface area contributed by atoms with Gasteiger partial charge in [0, 0.05) is 5.39 Å². The Labute approximate surface area is 152 Å². The summed E-state index contributed by atoms with van der Waals surface area (Å²) in [5.41, 5.74) is 1.47. The van der Waals surface area contributed by atoms with Crippen molar-refractivity contribution < 1.29 is 9.18 Å². The molecule has 134 valence electrons. The summed E-state index contributed by atoms with van der Waals surface area (Å²) < 4.78 is 14.0. The summed E-state index contributed by atoms with van der Waals surface area (Å²) in [6, 6.07) is 17.8. The number of fused-ring (bicyclic) bond motifs is 1. The molecule has 0 aliphatic rings. The number of rotatable bonds is 6. The Morgan fingerprint density at radius 1 is 1.08 bits per heavy atom. The zero-order valence-corrected chi connectivity index (χ0v) is 14.9. The third-order valence-corrected chi connectivity index (χ3v) is 4.28. The molecule has 0 aliphatic heterocycles. The lowest BCUT2D eigenvalue weighted by atomic mass is 10.0. The first-order chi connectivity index (χ1) is 12.5. The second-order valence-electron chi connectivity index (χ2n) is 6.54. The summed E-state index contributed by atoms with van der Waals surface area (Å²) in [6.45, 7) is 0.833. The van der Waals surface area contributed by atoms with Crippen molar-refractivity contribution in [3.63, 3.8) is 0 Å². The monoisotopic (exact) mass is 351 g/mol. The second kappa shape index (κ2) is 8.06. The van der Waals surface area contributed by atoms with E-state index in [0.717, 1.165) is 18.5 Å². The number of hydrogen-bond donors (Lipinski definition) is 1. The van der Waals surface area contributed by atoms with Crippen molar-refractivity contribution in [2.75, 3.05) is 20.6 Å². The van der Waals surface area contributed by atoms with E-state index in [1.165, 1.54) is 6.07 Å². The SMILES string of the molecule is CN(C)CCC(NC(=O)c1ccc2cccc(F)c2n1)c1ccccc1. The molecule has 2 aromatic carbocycles. The zero-order valence-electron chi connectivity index (χ0n) is 14.9. The first kappa shape index (κ1) is 18.0. The van der Waals surface area contributed by atoms with Crippen LogP contribution in [0.5, 0.6) is 0 Å². The predicted molar refractivity (Wildman–Crippen MR) is 102 cm³/mol. The Kier molecular flexibility index (Phi) is 5.58. The smallest absolute Gasteiger partial charge is 0.270 e. The average Bonchev–Trinajstić information content (AvgIpc) is 2.65. The van der Waals surface area contributed by atoms with E-state index >= 15 is 0 Å². The minimum Gasteiger partial charge on any atom is -0.344 e. The van der Waals surface area contributed by atoms with Gasteiger partial charge < -0.3 is 10.2 Å². The molecule has 0 bridgehead atoms. The number of aromatic nitrogens is 1. The van der Waals surface area contributed by atoms with E-state index in [1.807, 2.05) is 44.4 Å². The van der Waals surface area contributed by atoms with Gasteiger partial charge >= 0.3 is 0 Å². The van der Waals surface area contributed by atoms with Crippen LogP contribution < -0.4 is 5.32 Å². The van der Waals surface area contributed by atoms with Gasteiger partial charge in [-0.15, -0.1) is 0 Å². The fourth-order valence-electron chi connectivity index (χ4n) is 2.86. The lowest BCUT2D eigenvalue weighted by Gasteiger charge is -2.21. The van der Waals surface area contributed by atoms with Gasteiger partial charge in [0.05, 0.1) is 6.04 Å². The van der Waals surface area contributed by atoms with Crippen LogP contribution in [0.25, 0.3) is 10.9 Å². The molecule has 1 aromatic heterocycles. The van der Waals surface area contributed by atoms with Crippen molar-refractivity contribution in [1.82, 2.24) is 15.2 Å². The Morgan fingerprint density at radius 2 is 1.85 bits per heavy atom. The van der Waals surface area contributed by atoms with E-state index in [0.29, 0.717) is 5.39 Å². The summed E-state index contributed by atoms with van der Waals surface area (Å²) in [4.78, 5) is 19.0. The number of nitrogens with zero attached hydrogens (tertiary/aromatic N) is 2. The summed E-state index contributed by atoms with van der Waals surface area (Å²) in [5.74, 6) is -0.730. The van der Waals surface area contributed by atoms with Gasteiger partial charge in [-0.25, -0.2) is 9.37 Å². The van der Waals surface area contributed by atoms with Gasteiger partial charge in [0.15, 0.2) is 0 Å². The van der Waals surface area contributed by atoms with E-state index in [-0.39, 0.29) is 23.2 Å². The fourth-order valence-corrected chi connectivity index (χ4v) is 2.86. The van der Waals surface area contributed by atoms with Crippen molar-refractivity contribution in [2.24, 2.45) is 0 Å². The van der Waals surface area contributed by atoms with E-state index in [1.54, 1.807) is 24.3 Å². The van der Waals surface area contributed by atoms with Gasteiger partial charge in [-0.3, -0.25) is 4.79 Å². The molecule has 1 heterocycles. The number of hydrogen-bond acceptors (Lipinski definition) is 3. The number of benzene rings is 2. The van der Waals surface area contributed by atoms with Gasteiger partial charge in [0.2, 0.25) is 0 Å². The quantitative estimate of drug-likeness (QED) is 0.735. The molecule has 1 N–H and O–H groups in total. The topological polar surface area (TPSA) is 45.2 Å². The van der Waals surface area contributed by atoms with Gasteiger partial charge in [0.25, 0.3) is 5.91 Å². The van der Waals surface area contributed by atoms with Crippen LogP contribution in [0.2, 0.25) is 0 Å². The van der Waals surface area contributed by atoms with Crippen LogP contribution in [0.1, 0.15) is 28.5 Å². The first-order valence-corrected chi connectivity index (χ1v) is 8.60. The van der Waals surface area contributed by atoms with E-state index in [2.05, 4.69) is 15.2 Å². The molecular formula is C21H22FN3O. The number of carbonyl (C=O) groups is 1. The molecule has 4 nitrogen and oxygen atoms in total. The Morgan fingerprint density at radius 3 is 2.58 bits per heavy atom. The van der Waals surface area contributed by atoms with E-state index < -0.39 is 5.82 Å². The molecule has 3 aromatic rings. The number of halogens is 1. The maximum absolute atomic E-state index is 14.0. The van der Waals surface area contributed by atoms with Gasteiger partial charge in [-0.1, -0.05) is 48.5 Å². The lowest BCUT2D eigenvalue weighted by Crippen LogP contribution is -2.31. The molecule has 0 saturated carbocycles. The highest BCUT2D eigenvalue weighted by atomic mass is 19.1. The lowest BCUT2D eigenvalue weighted by molar-refractivity contribution is 0.0928. The minimum absolute atomic E-state index is 0.135. The Bertz CT molecular complexity index is 896. The van der Waals surface area contributed by atoms with Gasteiger partial charge in [-0.05, 0) is 44.8 Å². The normalized spacial score (nSPS) is 12.3. The molecule has 0 spiro atoms. The van der Waals surface area contributed by atoms with Crippen LogP contribution in [-0.4, -0.2) is 36.4 Å². The van der Waals surface area contributed by atoms with Crippen LogP contribution in [0, 0.1) is 5.82 Å². The van der Waals surface area contributed by atoms with Crippen molar-refractivity contribution in [3.8, 4) is 0 Å². The molecule has 0 saturated heterocycles. The molecule has 0 aliphatic carbocycles. The van der Waals surface area contributed by atoms with Crippen LogP contribution in [0.3, 0.4) is 0 Å². The summed E-state index contributed by atoms with van der Waals surface area (Å²) >= 11 is 0. The van der Waals surface area contributed by atoms with Crippen molar-refractivity contribution in [3.05, 3.63) is 77.7 Å². The maximum atomic E-state index is 14.0. The Balaban J connectivity index is 1.84. The summed E-state index contributed by atoms with van der Waals surface area (Å²) in [6.07, 6.45) is 0.769. The number of amides is 1. The standard InChI is InChI=1S/C21H22FN3O/c1-25(2)14-13-18(15-7-4-3-5-8-15)24-21(26)19-12-11-16-9-6-10-17(22)20(16)23-19/h3-12,18H,13-14H2,1-2H3,(H,24,26). The third-order valence-electron chi connectivity index (χ3n) is 4.28. The average molecular weight is 351 g/mol. The predicted octanol–water partition coefficient (Wildman–Crippen LogP) is 3.80. The fraction of sp³-hybridized carbons (Fsp3) is 0.238. The minimum atomic E-state index is -0.427. The zero-order chi connectivity index (χ0) is 18.5. The molecule has 1 atom stereocenters. The summed E-state index contributed by atoms with van der Waals surface area (Å²) in [7, 11) is 4.00. The molecule has 1 amide bonds. The second-order valence-corrected chi connectivity index (χ2v) is 6.54. The van der Waals surface area contributed by atoms with Crippen LogP contribution in [-0.2, 0) is 0 Å². The maximum Gasteiger partial charge on any atom is 0.270 e. The molecule has 26 heavy (non-hydrogen) atoms. The van der Waals surface area contributed by atoms with Crippen molar-refractivity contribution in [2.45, 2.75) is 12.5 Å². The molecular weight excluding hydrogens is 329 g/mol. The van der Waals surface area contributed by atoms with Crippen molar-refractivity contribution in [1.29, 1.82) is 0 Å². The highest BCUT2D eigenvalue weighted by molar-refractivity contribution is 5.95.